The molecule has 1 amide bonds. The molecule has 4 heteroatoms. The molecular formula is C17H27NO3. The molecule has 0 aromatic rings. The standard InChI is InChI=1S/C17H27NO3/c1-10(11(2)16(20)21-3)15(19)18-17-7-12-4-13(8-17)6-14(5-12)9-17/h10-14H,4-9H2,1-3H3,(H,18,19). The summed E-state index contributed by atoms with van der Waals surface area (Å²) in [6, 6.07) is 0. The van der Waals surface area contributed by atoms with E-state index in [9.17, 15) is 9.59 Å². The molecule has 0 heterocycles. The molecule has 2 atom stereocenters. The molecule has 4 fully saturated rings. The Balaban J connectivity index is 1.66. The summed E-state index contributed by atoms with van der Waals surface area (Å²) < 4.78 is 4.76. The first-order valence-electron chi connectivity index (χ1n) is 8.32. The van der Waals surface area contributed by atoms with Crippen LogP contribution in [0.2, 0.25) is 0 Å². The van der Waals surface area contributed by atoms with Gasteiger partial charge in [0.05, 0.1) is 13.0 Å². The predicted molar refractivity (Wildman–Crippen MR) is 79.4 cm³/mol. The number of carbonyl (C=O) groups excluding carboxylic acids is 2. The zero-order valence-corrected chi connectivity index (χ0v) is 13.4. The van der Waals surface area contributed by atoms with E-state index in [0.717, 1.165) is 37.0 Å². The van der Waals surface area contributed by atoms with Gasteiger partial charge >= 0.3 is 5.97 Å². The Bertz CT molecular complexity index is 410. The Morgan fingerprint density at radius 2 is 1.48 bits per heavy atom. The van der Waals surface area contributed by atoms with Crippen molar-refractivity contribution in [1.82, 2.24) is 5.32 Å². The minimum absolute atomic E-state index is 0.0230. The lowest BCUT2D eigenvalue weighted by atomic mass is 9.53. The number of methoxy groups -OCH3 is 1. The first-order valence-corrected chi connectivity index (χ1v) is 8.32. The van der Waals surface area contributed by atoms with Crippen LogP contribution in [-0.4, -0.2) is 24.5 Å². The Hall–Kier alpha value is -1.06. The molecule has 0 saturated heterocycles. The summed E-state index contributed by atoms with van der Waals surface area (Å²) in [7, 11) is 1.38. The number of nitrogens with one attached hydrogen (secondary N) is 1. The maximum absolute atomic E-state index is 12.6. The first kappa shape index (κ1) is 14.9. The second kappa shape index (κ2) is 5.29. The number of hydrogen-bond donors (Lipinski definition) is 1. The second-order valence-corrected chi connectivity index (χ2v) is 7.79. The van der Waals surface area contributed by atoms with Crippen LogP contribution in [0.4, 0.5) is 0 Å². The first-order chi connectivity index (χ1) is 9.92. The van der Waals surface area contributed by atoms with Crippen molar-refractivity contribution in [2.75, 3.05) is 7.11 Å². The van der Waals surface area contributed by atoms with Gasteiger partial charge in [0.2, 0.25) is 5.91 Å². The monoisotopic (exact) mass is 293 g/mol. The van der Waals surface area contributed by atoms with Crippen molar-refractivity contribution >= 4 is 11.9 Å². The van der Waals surface area contributed by atoms with E-state index < -0.39 is 0 Å². The number of ether oxygens (including phenoxy) is 1. The van der Waals surface area contributed by atoms with Crippen molar-refractivity contribution in [2.24, 2.45) is 29.6 Å². The molecule has 0 aromatic heterocycles. The molecule has 4 aliphatic rings. The lowest BCUT2D eigenvalue weighted by Gasteiger charge is -2.57. The second-order valence-electron chi connectivity index (χ2n) is 7.79. The van der Waals surface area contributed by atoms with Crippen LogP contribution < -0.4 is 5.32 Å². The third kappa shape index (κ3) is 2.69. The van der Waals surface area contributed by atoms with E-state index in [0.29, 0.717) is 0 Å². The van der Waals surface area contributed by atoms with Gasteiger partial charge in [-0.1, -0.05) is 13.8 Å². The molecule has 4 rings (SSSR count). The number of hydrogen-bond acceptors (Lipinski definition) is 3. The van der Waals surface area contributed by atoms with Gasteiger partial charge in [-0.05, 0) is 56.3 Å². The van der Waals surface area contributed by atoms with E-state index >= 15 is 0 Å². The third-order valence-corrected chi connectivity index (χ3v) is 6.16. The lowest BCUT2D eigenvalue weighted by molar-refractivity contribution is -0.150. The highest BCUT2D eigenvalue weighted by molar-refractivity contribution is 5.85. The summed E-state index contributed by atoms with van der Waals surface area (Å²) >= 11 is 0. The van der Waals surface area contributed by atoms with Gasteiger partial charge in [0.25, 0.3) is 0 Å². The van der Waals surface area contributed by atoms with Crippen molar-refractivity contribution in [3.8, 4) is 0 Å². The fourth-order valence-corrected chi connectivity index (χ4v) is 5.26. The van der Waals surface area contributed by atoms with Crippen molar-refractivity contribution in [1.29, 1.82) is 0 Å². The van der Waals surface area contributed by atoms with Crippen molar-refractivity contribution < 1.29 is 14.3 Å². The maximum atomic E-state index is 12.6. The zero-order valence-electron chi connectivity index (χ0n) is 13.4. The Morgan fingerprint density at radius 1 is 1.00 bits per heavy atom. The molecule has 21 heavy (non-hydrogen) atoms. The molecule has 4 nitrogen and oxygen atoms in total. The van der Waals surface area contributed by atoms with E-state index in [4.69, 9.17) is 4.74 Å². The molecule has 0 aromatic carbocycles. The summed E-state index contributed by atoms with van der Waals surface area (Å²) in [5.74, 6) is 1.44. The Morgan fingerprint density at radius 3 is 1.90 bits per heavy atom. The SMILES string of the molecule is COC(=O)C(C)C(C)C(=O)NC12CC3CC(CC(C3)C1)C2. The van der Waals surface area contributed by atoms with Gasteiger partial charge in [-0.15, -0.1) is 0 Å². The number of esters is 1. The third-order valence-electron chi connectivity index (χ3n) is 6.16. The number of rotatable bonds is 4. The quantitative estimate of drug-likeness (QED) is 0.810. The highest BCUT2D eigenvalue weighted by Gasteiger charge is 2.51. The zero-order chi connectivity index (χ0) is 15.2. The Kier molecular flexibility index (Phi) is 3.74. The minimum atomic E-state index is -0.385. The highest BCUT2D eigenvalue weighted by atomic mass is 16.5. The van der Waals surface area contributed by atoms with Crippen LogP contribution in [0.1, 0.15) is 52.4 Å². The van der Waals surface area contributed by atoms with Crippen LogP contribution in [0.25, 0.3) is 0 Å². The number of carbonyl (C=O) groups is 2. The largest absolute Gasteiger partial charge is 0.469 e. The van der Waals surface area contributed by atoms with Gasteiger partial charge < -0.3 is 10.1 Å². The van der Waals surface area contributed by atoms with Crippen LogP contribution in [0.5, 0.6) is 0 Å². The minimum Gasteiger partial charge on any atom is -0.469 e. The number of amides is 1. The summed E-state index contributed by atoms with van der Waals surface area (Å²) in [4.78, 5) is 24.2. The van der Waals surface area contributed by atoms with Crippen LogP contribution in [0, 0.1) is 29.6 Å². The lowest BCUT2D eigenvalue weighted by Crippen LogP contribution is -2.61. The van der Waals surface area contributed by atoms with E-state index in [1.165, 1.54) is 26.4 Å². The molecule has 0 radical (unpaired) electrons. The molecule has 118 valence electrons. The molecule has 2 unspecified atom stereocenters. The van der Waals surface area contributed by atoms with Gasteiger partial charge in [-0.2, -0.15) is 0 Å². The topological polar surface area (TPSA) is 55.4 Å². The fourth-order valence-electron chi connectivity index (χ4n) is 5.26. The van der Waals surface area contributed by atoms with Gasteiger partial charge in [-0.3, -0.25) is 9.59 Å². The Labute approximate surface area is 127 Å². The molecule has 4 bridgehead atoms. The molecule has 1 N–H and O–H groups in total. The van der Waals surface area contributed by atoms with Gasteiger partial charge in [0.15, 0.2) is 0 Å². The van der Waals surface area contributed by atoms with Gasteiger partial charge in [0, 0.05) is 11.5 Å². The highest BCUT2D eigenvalue weighted by Crippen LogP contribution is 2.55. The van der Waals surface area contributed by atoms with E-state index in [1.54, 1.807) is 6.92 Å². The van der Waals surface area contributed by atoms with E-state index in [2.05, 4.69) is 5.32 Å². The molecular weight excluding hydrogens is 266 g/mol. The van der Waals surface area contributed by atoms with Gasteiger partial charge in [-0.25, -0.2) is 0 Å². The van der Waals surface area contributed by atoms with E-state index in [-0.39, 0.29) is 29.3 Å². The summed E-state index contributed by atoms with van der Waals surface area (Å²) in [5, 5.41) is 3.34. The molecule has 0 spiro atoms. The summed E-state index contributed by atoms with van der Waals surface area (Å²) in [5.41, 5.74) is 0.0237. The van der Waals surface area contributed by atoms with E-state index in [1.807, 2.05) is 6.92 Å². The average molecular weight is 293 g/mol. The maximum Gasteiger partial charge on any atom is 0.309 e. The summed E-state index contributed by atoms with van der Waals surface area (Å²) in [6.45, 7) is 3.60. The van der Waals surface area contributed by atoms with Crippen molar-refractivity contribution in [2.45, 2.75) is 57.9 Å². The summed E-state index contributed by atoms with van der Waals surface area (Å²) in [6.07, 6.45) is 7.52. The van der Waals surface area contributed by atoms with Crippen LogP contribution >= 0.6 is 0 Å². The molecule has 4 aliphatic carbocycles. The fraction of sp³-hybridized carbons (Fsp3) is 0.882. The molecule has 0 aliphatic heterocycles. The average Bonchev–Trinajstić information content (AvgIpc) is 2.42. The van der Waals surface area contributed by atoms with Crippen LogP contribution in [0.15, 0.2) is 0 Å². The van der Waals surface area contributed by atoms with Gasteiger partial charge in [0.1, 0.15) is 0 Å². The molecule has 4 saturated carbocycles. The van der Waals surface area contributed by atoms with Crippen molar-refractivity contribution in [3.63, 3.8) is 0 Å². The smallest absolute Gasteiger partial charge is 0.309 e. The normalized spacial score (nSPS) is 39.7. The predicted octanol–water partition coefficient (Wildman–Crippen LogP) is 2.52. The van der Waals surface area contributed by atoms with Crippen molar-refractivity contribution in [3.05, 3.63) is 0 Å². The van der Waals surface area contributed by atoms with Crippen LogP contribution in [-0.2, 0) is 14.3 Å². The van der Waals surface area contributed by atoms with Crippen LogP contribution in [0.3, 0.4) is 0 Å².